The Bertz CT molecular complexity index is 617. The van der Waals surface area contributed by atoms with E-state index in [2.05, 4.69) is 33.3 Å². The summed E-state index contributed by atoms with van der Waals surface area (Å²) in [7, 11) is 0. The van der Waals surface area contributed by atoms with Crippen LogP contribution in [-0.4, -0.2) is 11.1 Å². The Morgan fingerprint density at radius 3 is 3.11 bits per heavy atom. The second kappa shape index (κ2) is 4.85. The lowest BCUT2D eigenvalue weighted by Gasteiger charge is -2.16. The molecule has 0 spiro atoms. The van der Waals surface area contributed by atoms with Crippen LogP contribution < -0.4 is 5.32 Å². The second-order valence-electron chi connectivity index (χ2n) is 4.84. The predicted molar refractivity (Wildman–Crippen MR) is 72.1 cm³/mol. The molecule has 0 unspecified atom stereocenters. The van der Waals surface area contributed by atoms with Crippen molar-refractivity contribution in [3.63, 3.8) is 0 Å². The topological polar surface area (TPSA) is 68.3 Å². The van der Waals surface area contributed by atoms with Crippen LogP contribution in [0.25, 0.3) is 0 Å². The summed E-state index contributed by atoms with van der Waals surface area (Å²) in [5, 5.41) is 6.73. The largest absolute Gasteiger partial charge is 0.444 e. The summed E-state index contributed by atoms with van der Waals surface area (Å²) >= 11 is 3.16. The molecule has 0 saturated heterocycles. The highest BCUT2D eigenvalue weighted by atomic mass is 79.9. The van der Waals surface area contributed by atoms with E-state index in [1.54, 1.807) is 12.1 Å². The molecule has 19 heavy (non-hydrogen) atoms. The van der Waals surface area contributed by atoms with E-state index in [0.29, 0.717) is 16.5 Å². The van der Waals surface area contributed by atoms with Gasteiger partial charge in [-0.2, -0.15) is 0 Å². The lowest BCUT2D eigenvalue weighted by molar-refractivity contribution is 0.0992. The molecule has 5 nitrogen and oxygen atoms in total. The van der Waals surface area contributed by atoms with Crippen molar-refractivity contribution in [3.05, 3.63) is 33.8 Å². The summed E-state index contributed by atoms with van der Waals surface area (Å²) < 4.78 is 11.0. The van der Waals surface area contributed by atoms with Gasteiger partial charge in [0.2, 0.25) is 5.88 Å². The molecule has 0 bridgehead atoms. The van der Waals surface area contributed by atoms with Crippen molar-refractivity contribution < 1.29 is 13.7 Å². The molecule has 2 aromatic rings. The fourth-order valence-corrected chi connectivity index (χ4v) is 2.59. The summed E-state index contributed by atoms with van der Waals surface area (Å²) in [4.78, 5) is 12.0. The number of rotatable bonds is 2. The maximum atomic E-state index is 12.0. The predicted octanol–water partition coefficient (Wildman–Crippen LogP) is 3.41. The summed E-state index contributed by atoms with van der Waals surface area (Å²) in [5.41, 5.74) is 1.96. The third-order valence-electron chi connectivity index (χ3n) is 3.32. The van der Waals surface area contributed by atoms with Crippen LogP contribution in [0.3, 0.4) is 0 Å². The lowest BCUT2D eigenvalue weighted by atomic mass is 9.89. The molecular weight excluding hydrogens is 312 g/mol. The number of halogens is 1. The number of amides is 1. The van der Waals surface area contributed by atoms with Gasteiger partial charge in [-0.3, -0.25) is 10.1 Å². The molecule has 1 aliphatic carbocycles. The van der Waals surface area contributed by atoms with E-state index >= 15 is 0 Å². The molecular formula is C13H13BrN2O3. The number of furan rings is 1. The maximum Gasteiger partial charge on any atom is 0.293 e. The van der Waals surface area contributed by atoms with E-state index < -0.39 is 0 Å². The molecule has 1 aliphatic rings. The Morgan fingerprint density at radius 2 is 2.37 bits per heavy atom. The number of nitrogens with one attached hydrogen (secondary N) is 1. The minimum atomic E-state index is -0.331. The number of aromatic nitrogens is 1. The molecule has 0 saturated carbocycles. The first-order valence-corrected chi connectivity index (χ1v) is 6.97. The van der Waals surface area contributed by atoms with Crippen molar-refractivity contribution >= 4 is 27.7 Å². The molecule has 100 valence electrons. The van der Waals surface area contributed by atoms with Crippen LogP contribution in [0, 0.1) is 5.92 Å². The SMILES string of the molecule is C[C@H]1CCc2noc(NC(=O)c3ccc(Br)o3)c2C1. The molecule has 3 rings (SSSR count). The van der Waals surface area contributed by atoms with E-state index in [1.165, 1.54) is 0 Å². The molecule has 1 atom stereocenters. The second-order valence-corrected chi connectivity index (χ2v) is 5.62. The first-order chi connectivity index (χ1) is 9.13. The van der Waals surface area contributed by atoms with E-state index in [-0.39, 0.29) is 11.7 Å². The Hall–Kier alpha value is -1.56. The van der Waals surface area contributed by atoms with Gasteiger partial charge >= 0.3 is 0 Å². The Morgan fingerprint density at radius 1 is 1.53 bits per heavy atom. The fourth-order valence-electron chi connectivity index (χ4n) is 2.28. The van der Waals surface area contributed by atoms with Crippen LogP contribution in [0.4, 0.5) is 5.88 Å². The third kappa shape index (κ3) is 2.45. The first kappa shape index (κ1) is 12.5. The average molecular weight is 325 g/mol. The van der Waals surface area contributed by atoms with Crippen LogP contribution in [0.1, 0.15) is 35.2 Å². The quantitative estimate of drug-likeness (QED) is 0.919. The van der Waals surface area contributed by atoms with Gasteiger partial charge in [-0.1, -0.05) is 12.1 Å². The maximum absolute atomic E-state index is 12.0. The molecule has 1 amide bonds. The van der Waals surface area contributed by atoms with Crippen LogP contribution in [-0.2, 0) is 12.8 Å². The van der Waals surface area contributed by atoms with Crippen LogP contribution in [0.2, 0.25) is 0 Å². The average Bonchev–Trinajstić information content (AvgIpc) is 2.97. The molecule has 0 aromatic carbocycles. The first-order valence-electron chi connectivity index (χ1n) is 6.17. The normalized spacial score (nSPS) is 18.1. The zero-order chi connectivity index (χ0) is 13.4. The van der Waals surface area contributed by atoms with Gasteiger partial charge < -0.3 is 8.94 Å². The number of fused-ring (bicyclic) bond motifs is 1. The van der Waals surface area contributed by atoms with Gasteiger partial charge in [-0.25, -0.2) is 0 Å². The highest BCUT2D eigenvalue weighted by Crippen LogP contribution is 2.30. The molecule has 2 heterocycles. The van der Waals surface area contributed by atoms with E-state index in [4.69, 9.17) is 8.94 Å². The van der Waals surface area contributed by atoms with E-state index in [1.807, 2.05) is 0 Å². The smallest absolute Gasteiger partial charge is 0.293 e. The van der Waals surface area contributed by atoms with Crippen molar-refractivity contribution in [2.75, 3.05) is 5.32 Å². The summed E-state index contributed by atoms with van der Waals surface area (Å²) in [6, 6.07) is 3.28. The number of hydrogen-bond donors (Lipinski definition) is 1. The number of nitrogens with zero attached hydrogens (tertiary/aromatic N) is 1. The van der Waals surface area contributed by atoms with E-state index in [9.17, 15) is 4.79 Å². The van der Waals surface area contributed by atoms with Crippen molar-refractivity contribution in [3.8, 4) is 0 Å². The standard InChI is InChI=1S/C13H13BrN2O3/c1-7-2-3-9-8(6-7)13(19-16-9)15-12(17)10-4-5-11(14)18-10/h4-5,7H,2-3,6H2,1H3,(H,15,17)/t7-/m0/s1. The number of carbonyl (C=O) groups is 1. The highest BCUT2D eigenvalue weighted by molar-refractivity contribution is 9.10. The third-order valence-corrected chi connectivity index (χ3v) is 3.75. The molecule has 6 heteroatoms. The van der Waals surface area contributed by atoms with Gasteiger partial charge in [0.05, 0.1) is 5.69 Å². The van der Waals surface area contributed by atoms with Gasteiger partial charge in [-0.15, -0.1) is 0 Å². The van der Waals surface area contributed by atoms with Gasteiger partial charge in [-0.05, 0) is 53.2 Å². The zero-order valence-corrected chi connectivity index (χ0v) is 12.0. The molecule has 1 N–H and O–H groups in total. The fraction of sp³-hybridized carbons (Fsp3) is 0.385. The van der Waals surface area contributed by atoms with E-state index in [0.717, 1.165) is 30.5 Å². The minimum absolute atomic E-state index is 0.237. The summed E-state index contributed by atoms with van der Waals surface area (Å²) in [6.45, 7) is 2.19. The van der Waals surface area contributed by atoms with Crippen LogP contribution >= 0.6 is 15.9 Å². The van der Waals surface area contributed by atoms with Crippen molar-refractivity contribution in [2.45, 2.75) is 26.2 Å². The molecule has 0 radical (unpaired) electrons. The Kier molecular flexibility index (Phi) is 3.18. The molecule has 0 fully saturated rings. The van der Waals surface area contributed by atoms with Crippen molar-refractivity contribution in [1.82, 2.24) is 5.16 Å². The van der Waals surface area contributed by atoms with Gasteiger partial charge in [0.25, 0.3) is 5.91 Å². The number of carbonyl (C=O) groups excluding carboxylic acids is 1. The molecule has 0 aliphatic heterocycles. The lowest BCUT2D eigenvalue weighted by Crippen LogP contribution is -2.15. The number of aryl methyl sites for hydroxylation is 1. The van der Waals surface area contributed by atoms with Gasteiger partial charge in [0.1, 0.15) is 0 Å². The monoisotopic (exact) mass is 324 g/mol. The number of anilines is 1. The van der Waals surface area contributed by atoms with Gasteiger partial charge in [0.15, 0.2) is 10.4 Å². The van der Waals surface area contributed by atoms with Crippen LogP contribution in [0.15, 0.2) is 25.7 Å². The Labute approximate surface area is 118 Å². The highest BCUT2D eigenvalue weighted by Gasteiger charge is 2.25. The van der Waals surface area contributed by atoms with Crippen molar-refractivity contribution in [2.24, 2.45) is 5.92 Å². The number of hydrogen-bond acceptors (Lipinski definition) is 4. The van der Waals surface area contributed by atoms with Crippen molar-refractivity contribution in [1.29, 1.82) is 0 Å². The minimum Gasteiger partial charge on any atom is -0.444 e. The zero-order valence-electron chi connectivity index (χ0n) is 10.4. The van der Waals surface area contributed by atoms with Gasteiger partial charge in [0, 0.05) is 5.56 Å². The van der Waals surface area contributed by atoms with Crippen LogP contribution in [0.5, 0.6) is 0 Å². The Balaban J connectivity index is 1.81. The molecule has 2 aromatic heterocycles. The summed E-state index contributed by atoms with van der Waals surface area (Å²) in [6.07, 6.45) is 2.90. The summed E-state index contributed by atoms with van der Waals surface area (Å²) in [5.74, 6) is 0.933.